The molecule has 1 unspecified atom stereocenters. The molecule has 0 aliphatic carbocycles. The average Bonchev–Trinajstić information content (AvgIpc) is 2.52. The molecule has 21 heavy (non-hydrogen) atoms. The van der Waals surface area contributed by atoms with Crippen LogP contribution in [0, 0.1) is 0 Å². The molecule has 1 aromatic carbocycles. The molecule has 0 bridgehead atoms. The maximum Gasteiger partial charge on any atom is 0.232 e. The van der Waals surface area contributed by atoms with Gasteiger partial charge in [-0.25, -0.2) is 0 Å². The van der Waals surface area contributed by atoms with Gasteiger partial charge in [0.2, 0.25) is 5.91 Å². The monoisotopic (exact) mass is 326 g/mol. The zero-order valence-corrected chi connectivity index (χ0v) is 14.2. The van der Waals surface area contributed by atoms with Gasteiger partial charge in [-0.1, -0.05) is 29.8 Å². The molecule has 1 heterocycles. The molecule has 2 rings (SSSR count). The molecule has 0 radical (unpaired) electrons. The summed E-state index contributed by atoms with van der Waals surface area (Å²) in [6.45, 7) is 4.16. The summed E-state index contributed by atoms with van der Waals surface area (Å²) in [6, 6.07) is 7.72. The van der Waals surface area contributed by atoms with Crippen molar-refractivity contribution in [1.82, 2.24) is 10.2 Å². The number of hydrogen-bond donors (Lipinski definition) is 1. The van der Waals surface area contributed by atoms with E-state index in [1.165, 1.54) is 0 Å². The maximum atomic E-state index is 12.4. The summed E-state index contributed by atoms with van der Waals surface area (Å²) < 4.78 is 0. The first kappa shape index (κ1) is 16.7. The quantitative estimate of drug-likeness (QED) is 0.900. The number of benzene rings is 1. The topological polar surface area (TPSA) is 32.3 Å². The van der Waals surface area contributed by atoms with Gasteiger partial charge in [0.15, 0.2) is 0 Å². The highest BCUT2D eigenvalue weighted by Gasteiger charge is 2.21. The Morgan fingerprint density at radius 1 is 1.43 bits per heavy atom. The second-order valence-electron chi connectivity index (χ2n) is 5.46. The number of thioether (sulfide) groups is 1. The predicted molar refractivity (Wildman–Crippen MR) is 91.0 cm³/mol. The van der Waals surface area contributed by atoms with E-state index < -0.39 is 0 Å². The van der Waals surface area contributed by atoms with E-state index in [9.17, 15) is 4.79 Å². The molecule has 0 aromatic heterocycles. The smallest absolute Gasteiger partial charge is 0.232 e. The van der Waals surface area contributed by atoms with Gasteiger partial charge in [0.1, 0.15) is 0 Å². The number of hydrogen-bond acceptors (Lipinski definition) is 3. The van der Waals surface area contributed by atoms with Gasteiger partial charge < -0.3 is 10.2 Å². The summed E-state index contributed by atoms with van der Waals surface area (Å²) in [6.07, 6.45) is 2.31. The van der Waals surface area contributed by atoms with Crippen molar-refractivity contribution < 1.29 is 4.79 Å². The normalized spacial score (nSPS) is 17.5. The fourth-order valence-electron chi connectivity index (χ4n) is 2.49. The average molecular weight is 327 g/mol. The zero-order valence-electron chi connectivity index (χ0n) is 12.6. The van der Waals surface area contributed by atoms with Crippen LogP contribution >= 0.6 is 23.4 Å². The number of amides is 1. The summed E-state index contributed by atoms with van der Waals surface area (Å²) in [7, 11) is 1.86. The van der Waals surface area contributed by atoms with E-state index in [1.807, 2.05) is 38.2 Å². The van der Waals surface area contributed by atoms with Gasteiger partial charge in [0, 0.05) is 17.3 Å². The fraction of sp³-hybridized carbons (Fsp3) is 0.562. The highest BCUT2D eigenvalue weighted by atomic mass is 35.5. The molecule has 0 spiro atoms. The molecule has 1 fully saturated rings. The molecule has 5 heteroatoms. The van der Waals surface area contributed by atoms with Gasteiger partial charge in [0.05, 0.1) is 11.8 Å². The van der Waals surface area contributed by atoms with Crippen molar-refractivity contribution in [3.8, 4) is 0 Å². The Hall–Kier alpha value is -0.710. The molecule has 1 aliphatic heterocycles. The highest BCUT2D eigenvalue weighted by Crippen LogP contribution is 2.27. The number of halogens is 1. The van der Waals surface area contributed by atoms with Crippen LogP contribution < -0.4 is 5.32 Å². The minimum atomic E-state index is -0.000164. The first-order valence-corrected chi connectivity index (χ1v) is 8.84. The number of piperidine rings is 1. The minimum absolute atomic E-state index is 0.000164. The van der Waals surface area contributed by atoms with Gasteiger partial charge >= 0.3 is 0 Å². The van der Waals surface area contributed by atoms with Crippen molar-refractivity contribution in [2.75, 3.05) is 25.9 Å². The standard InChI is InChI=1S/C16H23ClN2OS/c1-12(14-5-3-4-6-15(14)17)19(2)16(20)11-21-13-7-9-18-10-8-13/h3-6,12-13,18H,7-11H2,1-2H3. The van der Waals surface area contributed by atoms with Crippen LogP contribution in [0.15, 0.2) is 24.3 Å². The molecule has 0 saturated carbocycles. The Balaban J connectivity index is 1.88. The van der Waals surface area contributed by atoms with Gasteiger partial charge in [-0.3, -0.25) is 4.79 Å². The van der Waals surface area contributed by atoms with Gasteiger partial charge in [-0.15, -0.1) is 11.8 Å². The molecular formula is C16H23ClN2OS. The van der Waals surface area contributed by atoms with E-state index in [2.05, 4.69) is 5.32 Å². The van der Waals surface area contributed by atoms with E-state index in [4.69, 9.17) is 11.6 Å². The molecule has 1 atom stereocenters. The molecule has 1 saturated heterocycles. The highest BCUT2D eigenvalue weighted by molar-refractivity contribution is 8.00. The Kier molecular flexibility index (Phi) is 6.40. The fourth-order valence-corrected chi connectivity index (χ4v) is 3.94. The van der Waals surface area contributed by atoms with Gasteiger partial charge in [0.25, 0.3) is 0 Å². The third-order valence-corrected chi connectivity index (χ3v) is 5.76. The summed E-state index contributed by atoms with van der Waals surface area (Å²) in [5.41, 5.74) is 1.00. The lowest BCUT2D eigenvalue weighted by atomic mass is 10.1. The number of carbonyl (C=O) groups excluding carboxylic acids is 1. The summed E-state index contributed by atoms with van der Waals surface area (Å²) in [4.78, 5) is 14.2. The molecule has 1 N–H and O–H groups in total. The maximum absolute atomic E-state index is 12.4. The van der Waals surface area contributed by atoms with Crippen molar-refractivity contribution in [1.29, 1.82) is 0 Å². The molecule has 3 nitrogen and oxygen atoms in total. The van der Waals surface area contributed by atoms with Crippen LogP contribution in [-0.2, 0) is 4.79 Å². The first-order chi connectivity index (χ1) is 10.1. The van der Waals surface area contributed by atoms with E-state index in [-0.39, 0.29) is 11.9 Å². The molecular weight excluding hydrogens is 304 g/mol. The minimum Gasteiger partial charge on any atom is -0.338 e. The van der Waals surface area contributed by atoms with Crippen LogP contribution in [0.25, 0.3) is 0 Å². The van der Waals surface area contributed by atoms with Crippen LogP contribution in [0.2, 0.25) is 5.02 Å². The summed E-state index contributed by atoms with van der Waals surface area (Å²) >= 11 is 8.00. The Bertz CT molecular complexity index is 477. The first-order valence-electron chi connectivity index (χ1n) is 7.42. The Labute approximate surface area is 136 Å². The zero-order chi connectivity index (χ0) is 15.2. The van der Waals surface area contributed by atoms with E-state index >= 15 is 0 Å². The Morgan fingerprint density at radius 2 is 2.10 bits per heavy atom. The lowest BCUT2D eigenvalue weighted by Crippen LogP contribution is -2.33. The Morgan fingerprint density at radius 3 is 2.76 bits per heavy atom. The van der Waals surface area contributed by atoms with Crippen molar-refractivity contribution in [2.24, 2.45) is 0 Å². The lowest BCUT2D eigenvalue weighted by molar-refractivity contribution is -0.128. The van der Waals surface area contributed by atoms with E-state index in [0.29, 0.717) is 11.0 Å². The second kappa shape index (κ2) is 8.06. The second-order valence-corrected chi connectivity index (χ2v) is 7.16. The molecule has 1 amide bonds. The number of rotatable bonds is 5. The van der Waals surface area contributed by atoms with E-state index in [0.717, 1.165) is 36.5 Å². The summed E-state index contributed by atoms with van der Waals surface area (Å²) in [5, 5.41) is 4.68. The lowest BCUT2D eigenvalue weighted by Gasteiger charge is -2.27. The SMILES string of the molecule is CC(c1ccccc1Cl)N(C)C(=O)CSC1CCNCC1. The van der Waals surface area contributed by atoms with Crippen molar-refractivity contribution >= 4 is 29.3 Å². The van der Waals surface area contributed by atoms with Crippen molar-refractivity contribution in [3.05, 3.63) is 34.9 Å². The third kappa shape index (κ3) is 4.63. The van der Waals surface area contributed by atoms with Crippen LogP contribution in [0.5, 0.6) is 0 Å². The molecule has 1 aliphatic rings. The third-order valence-electron chi connectivity index (χ3n) is 4.06. The predicted octanol–water partition coefficient (Wildman–Crippen LogP) is 3.34. The van der Waals surface area contributed by atoms with Crippen LogP contribution in [0.3, 0.4) is 0 Å². The van der Waals surface area contributed by atoms with Crippen LogP contribution in [0.1, 0.15) is 31.4 Å². The van der Waals surface area contributed by atoms with E-state index in [1.54, 1.807) is 16.7 Å². The molecule has 1 aromatic rings. The number of nitrogens with zero attached hydrogens (tertiary/aromatic N) is 1. The largest absolute Gasteiger partial charge is 0.338 e. The van der Waals surface area contributed by atoms with Gasteiger partial charge in [-0.2, -0.15) is 0 Å². The molecule has 116 valence electrons. The van der Waals surface area contributed by atoms with Crippen LogP contribution in [0.4, 0.5) is 0 Å². The summed E-state index contributed by atoms with van der Waals surface area (Å²) in [5.74, 6) is 0.724. The number of carbonyl (C=O) groups is 1. The van der Waals surface area contributed by atoms with Gasteiger partial charge in [-0.05, 0) is 44.5 Å². The van der Waals surface area contributed by atoms with Crippen molar-refractivity contribution in [2.45, 2.75) is 31.1 Å². The van der Waals surface area contributed by atoms with Crippen LogP contribution in [-0.4, -0.2) is 41.9 Å². The van der Waals surface area contributed by atoms with Crippen molar-refractivity contribution in [3.63, 3.8) is 0 Å². The number of nitrogens with one attached hydrogen (secondary N) is 1.